The highest BCUT2D eigenvalue weighted by atomic mass is 35.5. The molecule has 2 atom stereocenters. The highest BCUT2D eigenvalue weighted by molar-refractivity contribution is 7.98. The molecule has 2 aliphatic rings. The van der Waals surface area contributed by atoms with Crippen LogP contribution in [0.15, 0.2) is 23.4 Å². The number of aromatic nitrogens is 2. The molecule has 0 radical (unpaired) electrons. The number of anilines is 1. The number of amides is 1. The molecule has 2 aromatic rings. The third-order valence-corrected chi connectivity index (χ3v) is 8.00. The summed E-state index contributed by atoms with van der Waals surface area (Å²) in [4.78, 5) is 26.7. The number of thioether (sulfide) groups is 1. The summed E-state index contributed by atoms with van der Waals surface area (Å²) < 4.78 is 5.62. The Morgan fingerprint density at radius 2 is 2.08 bits per heavy atom. The van der Waals surface area contributed by atoms with Gasteiger partial charge in [-0.15, -0.1) is 0 Å². The van der Waals surface area contributed by atoms with Gasteiger partial charge in [0.1, 0.15) is 11.4 Å². The lowest BCUT2D eigenvalue weighted by Crippen LogP contribution is -2.56. The van der Waals surface area contributed by atoms with E-state index in [9.17, 15) is 10.1 Å². The first-order chi connectivity index (χ1) is 17.6. The molecule has 1 fully saturated rings. The van der Waals surface area contributed by atoms with Crippen molar-refractivity contribution in [3.05, 3.63) is 45.6 Å². The van der Waals surface area contributed by atoms with Gasteiger partial charge < -0.3 is 14.5 Å². The van der Waals surface area contributed by atoms with Gasteiger partial charge in [0.15, 0.2) is 5.16 Å². The molecule has 1 aliphatic carbocycles. The molecule has 9 heteroatoms. The van der Waals surface area contributed by atoms with Crippen LogP contribution in [0, 0.1) is 11.3 Å². The van der Waals surface area contributed by atoms with E-state index in [-0.39, 0.29) is 18.6 Å². The summed E-state index contributed by atoms with van der Waals surface area (Å²) in [5, 5.41) is 11.1. The molecule has 0 N–H and O–H groups in total. The first kappa shape index (κ1) is 27.5. The van der Waals surface area contributed by atoms with E-state index in [1.165, 1.54) is 16.7 Å². The fourth-order valence-electron chi connectivity index (χ4n) is 5.41. The van der Waals surface area contributed by atoms with Gasteiger partial charge in [-0.3, -0.25) is 0 Å². The smallest absolute Gasteiger partial charge is 0.410 e. The standard InChI is InChI=1S/C28H36ClN5O2S/c1-6-20-21(8-7-9-23(20)29)18-10-11-22-24(16-18)31-26(37-5)32-25(22)33-14-15-34(19(17-33)12-13-30)27(35)36-28(2,3)4/h7-9,18-19H,6,10-12,14-17H2,1-5H3. The van der Waals surface area contributed by atoms with Crippen molar-refractivity contribution in [2.24, 2.45) is 0 Å². The van der Waals surface area contributed by atoms with Gasteiger partial charge in [-0.2, -0.15) is 5.26 Å². The summed E-state index contributed by atoms with van der Waals surface area (Å²) in [7, 11) is 0. The number of hydrogen-bond donors (Lipinski definition) is 0. The lowest BCUT2D eigenvalue weighted by Gasteiger charge is -2.42. The Morgan fingerprint density at radius 1 is 1.30 bits per heavy atom. The average molecular weight is 542 g/mol. The molecule has 2 heterocycles. The van der Waals surface area contributed by atoms with E-state index in [0.29, 0.717) is 25.6 Å². The minimum Gasteiger partial charge on any atom is -0.444 e. The van der Waals surface area contributed by atoms with Gasteiger partial charge in [0.25, 0.3) is 0 Å². The van der Waals surface area contributed by atoms with Gasteiger partial charge in [-0.25, -0.2) is 14.8 Å². The molecule has 37 heavy (non-hydrogen) atoms. The van der Waals surface area contributed by atoms with Crippen LogP contribution in [0.3, 0.4) is 0 Å². The zero-order valence-corrected chi connectivity index (χ0v) is 24.0. The lowest BCUT2D eigenvalue weighted by atomic mass is 9.80. The van der Waals surface area contributed by atoms with Crippen molar-refractivity contribution in [1.29, 1.82) is 5.26 Å². The average Bonchev–Trinajstić information content (AvgIpc) is 2.86. The van der Waals surface area contributed by atoms with Crippen LogP contribution in [0.25, 0.3) is 0 Å². The summed E-state index contributed by atoms with van der Waals surface area (Å²) in [5.74, 6) is 1.32. The predicted octanol–water partition coefficient (Wildman–Crippen LogP) is 6.03. The maximum absolute atomic E-state index is 12.9. The molecular weight excluding hydrogens is 506 g/mol. The quantitative estimate of drug-likeness (QED) is 0.338. The topological polar surface area (TPSA) is 82.3 Å². The Kier molecular flexibility index (Phi) is 8.55. The summed E-state index contributed by atoms with van der Waals surface area (Å²) in [6.07, 6.45) is 5.53. The molecule has 0 saturated carbocycles. The number of rotatable bonds is 5. The molecule has 1 aliphatic heterocycles. The Balaban J connectivity index is 1.61. The molecule has 1 amide bonds. The van der Waals surface area contributed by atoms with Crippen LogP contribution in [-0.2, 0) is 24.0 Å². The van der Waals surface area contributed by atoms with Crippen molar-refractivity contribution in [1.82, 2.24) is 14.9 Å². The predicted molar refractivity (Wildman–Crippen MR) is 149 cm³/mol. The van der Waals surface area contributed by atoms with Crippen molar-refractivity contribution in [3.8, 4) is 6.07 Å². The number of ether oxygens (including phenoxy) is 1. The second-order valence-corrected chi connectivity index (χ2v) is 11.9. The van der Waals surface area contributed by atoms with Crippen LogP contribution in [0.2, 0.25) is 5.02 Å². The van der Waals surface area contributed by atoms with Crippen LogP contribution in [0.4, 0.5) is 10.6 Å². The fraction of sp³-hybridized carbons (Fsp3) is 0.571. The molecule has 2 unspecified atom stereocenters. The second-order valence-electron chi connectivity index (χ2n) is 10.7. The van der Waals surface area contributed by atoms with Crippen molar-refractivity contribution in [2.45, 2.75) is 82.5 Å². The summed E-state index contributed by atoms with van der Waals surface area (Å²) in [6.45, 7) is 9.40. The molecule has 0 bridgehead atoms. The van der Waals surface area contributed by atoms with Crippen LogP contribution >= 0.6 is 23.4 Å². The molecule has 7 nitrogen and oxygen atoms in total. The maximum Gasteiger partial charge on any atom is 0.410 e. The van der Waals surface area contributed by atoms with Gasteiger partial charge in [0.2, 0.25) is 0 Å². The first-order valence-electron chi connectivity index (χ1n) is 13.0. The molecule has 1 aromatic heterocycles. The third kappa shape index (κ3) is 6.15. The maximum atomic E-state index is 12.9. The first-order valence-corrected chi connectivity index (χ1v) is 14.6. The highest BCUT2D eigenvalue weighted by Crippen LogP contribution is 2.39. The molecule has 1 saturated heterocycles. The van der Waals surface area contributed by atoms with E-state index >= 15 is 0 Å². The van der Waals surface area contributed by atoms with Gasteiger partial charge >= 0.3 is 6.09 Å². The highest BCUT2D eigenvalue weighted by Gasteiger charge is 2.36. The number of nitriles is 1. The van der Waals surface area contributed by atoms with Crippen LogP contribution in [0.5, 0.6) is 0 Å². The second kappa shape index (κ2) is 11.5. The van der Waals surface area contributed by atoms with Crippen LogP contribution in [-0.4, -0.2) is 58.5 Å². The molecule has 1 aromatic carbocycles. The van der Waals surface area contributed by atoms with Crippen molar-refractivity contribution >= 4 is 35.3 Å². The minimum absolute atomic E-state index is 0.245. The number of carbonyl (C=O) groups is 1. The molecule has 4 rings (SSSR count). The van der Waals surface area contributed by atoms with E-state index in [1.54, 1.807) is 16.7 Å². The number of hydrogen-bond acceptors (Lipinski definition) is 7. The number of nitrogens with zero attached hydrogens (tertiary/aromatic N) is 5. The summed E-state index contributed by atoms with van der Waals surface area (Å²) in [5.41, 5.74) is 4.26. The Labute approximate surface area is 229 Å². The number of piperazine rings is 1. The zero-order chi connectivity index (χ0) is 26.7. The normalized spacial score (nSPS) is 19.8. The van der Waals surface area contributed by atoms with Crippen molar-refractivity contribution in [3.63, 3.8) is 0 Å². The number of halogens is 1. The zero-order valence-electron chi connectivity index (χ0n) is 22.4. The Morgan fingerprint density at radius 3 is 2.76 bits per heavy atom. The van der Waals surface area contributed by atoms with Crippen LogP contribution in [0.1, 0.15) is 68.8 Å². The monoisotopic (exact) mass is 541 g/mol. The number of benzene rings is 1. The largest absolute Gasteiger partial charge is 0.444 e. The summed E-state index contributed by atoms with van der Waals surface area (Å²) >= 11 is 8.08. The summed E-state index contributed by atoms with van der Waals surface area (Å²) in [6, 6.07) is 8.23. The number of carbonyl (C=O) groups excluding carboxylic acids is 1. The van der Waals surface area contributed by atoms with E-state index < -0.39 is 5.60 Å². The molecular formula is C28H36ClN5O2S. The fourth-order valence-corrected chi connectivity index (χ4v) is 6.11. The van der Waals surface area contributed by atoms with Gasteiger partial charge in [-0.05, 0) is 75.8 Å². The van der Waals surface area contributed by atoms with Crippen LogP contribution < -0.4 is 4.90 Å². The van der Waals surface area contributed by atoms with E-state index in [4.69, 9.17) is 26.3 Å². The van der Waals surface area contributed by atoms with Gasteiger partial charge in [-0.1, -0.05) is 42.4 Å². The molecule has 0 spiro atoms. The van der Waals surface area contributed by atoms with E-state index in [1.807, 2.05) is 39.2 Å². The lowest BCUT2D eigenvalue weighted by molar-refractivity contribution is 0.0144. The SMILES string of the molecule is CCc1c(Cl)cccc1C1CCc2c(nc(SC)nc2N2CCN(C(=O)OC(C)(C)C)C(CC#N)C2)C1. The van der Waals surface area contributed by atoms with E-state index in [0.717, 1.165) is 47.4 Å². The van der Waals surface area contributed by atoms with Crippen molar-refractivity contribution < 1.29 is 9.53 Å². The van der Waals surface area contributed by atoms with Crippen molar-refractivity contribution in [2.75, 3.05) is 30.8 Å². The minimum atomic E-state index is -0.582. The van der Waals surface area contributed by atoms with E-state index in [2.05, 4.69) is 24.0 Å². The Hall–Kier alpha value is -2.50. The van der Waals surface area contributed by atoms with Gasteiger partial charge in [0, 0.05) is 30.2 Å². The van der Waals surface area contributed by atoms with Gasteiger partial charge in [0.05, 0.1) is 24.2 Å². The third-order valence-electron chi connectivity index (χ3n) is 7.10. The molecule has 198 valence electrons. The Bertz CT molecular complexity index is 1190. The number of fused-ring (bicyclic) bond motifs is 1.